The highest BCUT2D eigenvalue weighted by Crippen LogP contribution is 2.37. The number of benzene rings is 6. The summed E-state index contributed by atoms with van der Waals surface area (Å²) in [6.07, 6.45) is 5.45. The maximum absolute atomic E-state index is 6.36. The van der Waals surface area contributed by atoms with E-state index in [1.807, 2.05) is 24.4 Å². The van der Waals surface area contributed by atoms with Crippen molar-refractivity contribution in [3.63, 3.8) is 0 Å². The highest BCUT2D eigenvalue weighted by atomic mass is 16.4. The first-order valence-electron chi connectivity index (χ1n) is 21.7. The zero-order valence-electron chi connectivity index (χ0n) is 35.4. The second kappa shape index (κ2) is 16.5. The molecule has 0 saturated heterocycles. The SMILES string of the molecule is CCc1ccc(CC)c2oc(-c3ccc(-c4ccc(-c5ccc(-c6ccccn6)nc5-c5ccc(-c6ccc(-c7nc8c(CC)ccc(CC)c8o7)cc6)cc5)cc4)cc3)nc12. The molecule has 0 atom stereocenters. The van der Waals surface area contributed by atoms with Gasteiger partial charge in [-0.05, 0) is 124 Å². The Hall–Kier alpha value is -7.44. The predicted molar refractivity (Wildman–Crippen MR) is 253 cm³/mol. The molecule has 4 heterocycles. The summed E-state index contributed by atoms with van der Waals surface area (Å²) in [7, 11) is 0. The fraction of sp³-hybridized carbons (Fsp3) is 0.143. The molecule has 62 heavy (non-hydrogen) atoms. The minimum Gasteiger partial charge on any atom is -0.436 e. The van der Waals surface area contributed by atoms with E-state index in [0.29, 0.717) is 11.8 Å². The number of hydrogen-bond acceptors (Lipinski definition) is 6. The number of aryl methyl sites for hydroxylation is 4. The lowest BCUT2D eigenvalue weighted by molar-refractivity contribution is 0.615. The van der Waals surface area contributed by atoms with Crippen molar-refractivity contribution >= 4 is 22.2 Å². The molecule has 0 N–H and O–H groups in total. The molecule has 6 nitrogen and oxygen atoms in total. The first-order valence-corrected chi connectivity index (χ1v) is 21.7. The number of aromatic nitrogens is 4. The largest absolute Gasteiger partial charge is 0.436 e. The number of nitrogens with zero attached hydrogens (tertiary/aromatic N) is 4. The van der Waals surface area contributed by atoms with E-state index in [-0.39, 0.29) is 0 Å². The van der Waals surface area contributed by atoms with Gasteiger partial charge in [0.25, 0.3) is 0 Å². The van der Waals surface area contributed by atoms with E-state index in [1.54, 1.807) is 0 Å². The molecule has 0 unspecified atom stereocenters. The van der Waals surface area contributed by atoms with Crippen molar-refractivity contribution in [1.82, 2.24) is 19.9 Å². The van der Waals surface area contributed by atoms with Gasteiger partial charge >= 0.3 is 0 Å². The molecule has 0 aliphatic rings. The molecule has 10 aromatic rings. The summed E-state index contributed by atoms with van der Waals surface area (Å²) in [5.74, 6) is 1.31. The Balaban J connectivity index is 0.930. The van der Waals surface area contributed by atoms with E-state index in [4.69, 9.17) is 23.8 Å². The summed E-state index contributed by atoms with van der Waals surface area (Å²) >= 11 is 0. The van der Waals surface area contributed by atoms with Crippen LogP contribution >= 0.6 is 0 Å². The lowest BCUT2D eigenvalue weighted by Gasteiger charge is -2.13. The number of pyridine rings is 2. The third-order valence-electron chi connectivity index (χ3n) is 12.0. The molecule has 0 radical (unpaired) electrons. The smallest absolute Gasteiger partial charge is 0.227 e. The van der Waals surface area contributed by atoms with Crippen LogP contribution in [-0.2, 0) is 25.7 Å². The van der Waals surface area contributed by atoms with Gasteiger partial charge in [0.05, 0.1) is 17.1 Å². The van der Waals surface area contributed by atoms with Gasteiger partial charge in [-0.1, -0.05) is 131 Å². The Bertz CT molecular complexity index is 3100. The summed E-state index contributed by atoms with van der Waals surface area (Å²) in [5.41, 5.74) is 20.7. The zero-order valence-corrected chi connectivity index (χ0v) is 35.4. The Kier molecular flexibility index (Phi) is 10.3. The maximum atomic E-state index is 6.36. The van der Waals surface area contributed by atoms with E-state index >= 15 is 0 Å². The molecule has 4 aromatic heterocycles. The molecule has 6 aromatic carbocycles. The van der Waals surface area contributed by atoms with Crippen molar-refractivity contribution in [1.29, 1.82) is 0 Å². The highest BCUT2D eigenvalue weighted by Gasteiger charge is 2.17. The molecule has 6 heteroatoms. The van der Waals surface area contributed by atoms with Gasteiger partial charge in [0, 0.05) is 28.5 Å². The van der Waals surface area contributed by atoms with Crippen LogP contribution in [0.1, 0.15) is 49.9 Å². The van der Waals surface area contributed by atoms with Crippen LogP contribution in [0.3, 0.4) is 0 Å². The third kappa shape index (κ3) is 7.17. The minimum atomic E-state index is 0.655. The monoisotopic (exact) mass is 806 g/mol. The van der Waals surface area contributed by atoms with Crippen LogP contribution in [-0.4, -0.2) is 19.9 Å². The fourth-order valence-corrected chi connectivity index (χ4v) is 8.44. The van der Waals surface area contributed by atoms with Gasteiger partial charge in [0.15, 0.2) is 11.2 Å². The summed E-state index contributed by atoms with van der Waals surface area (Å²) in [5, 5.41) is 0. The second-order valence-electron chi connectivity index (χ2n) is 15.7. The predicted octanol–water partition coefficient (Wildman–Crippen LogP) is 14.7. The fourth-order valence-electron chi connectivity index (χ4n) is 8.44. The molecular weight excluding hydrogens is 761 g/mol. The summed E-state index contributed by atoms with van der Waals surface area (Å²) in [6.45, 7) is 8.63. The van der Waals surface area contributed by atoms with Crippen molar-refractivity contribution in [2.75, 3.05) is 0 Å². The second-order valence-corrected chi connectivity index (χ2v) is 15.7. The van der Waals surface area contributed by atoms with Crippen molar-refractivity contribution < 1.29 is 8.83 Å². The molecule has 0 aliphatic carbocycles. The molecule has 0 amide bonds. The number of fused-ring (bicyclic) bond motifs is 2. The van der Waals surface area contributed by atoms with Crippen molar-refractivity contribution in [2.24, 2.45) is 0 Å². The van der Waals surface area contributed by atoms with Crippen LogP contribution in [0, 0.1) is 0 Å². The Morgan fingerprint density at radius 3 is 1.21 bits per heavy atom. The Labute approximate surface area is 362 Å². The summed E-state index contributed by atoms with van der Waals surface area (Å²) < 4.78 is 12.7. The number of rotatable bonds is 11. The molecular formula is C56H46N4O2. The van der Waals surface area contributed by atoms with Gasteiger partial charge in [-0.25, -0.2) is 15.0 Å². The molecule has 302 valence electrons. The van der Waals surface area contributed by atoms with Crippen LogP contribution < -0.4 is 0 Å². The zero-order chi connectivity index (χ0) is 42.2. The van der Waals surface area contributed by atoms with Crippen LogP contribution in [0.4, 0.5) is 0 Å². The molecule has 0 aliphatic heterocycles. The van der Waals surface area contributed by atoms with Gasteiger partial charge in [-0.15, -0.1) is 0 Å². The Morgan fingerprint density at radius 1 is 0.355 bits per heavy atom. The number of oxazole rings is 2. The van der Waals surface area contributed by atoms with Crippen molar-refractivity contribution in [3.05, 3.63) is 180 Å². The number of hydrogen-bond donors (Lipinski definition) is 0. The third-order valence-corrected chi connectivity index (χ3v) is 12.0. The van der Waals surface area contributed by atoms with Crippen LogP contribution in [0.25, 0.3) is 101 Å². The molecule has 10 rings (SSSR count). The minimum absolute atomic E-state index is 0.655. The lowest BCUT2D eigenvalue weighted by Crippen LogP contribution is -1.94. The Morgan fingerprint density at radius 2 is 0.774 bits per heavy atom. The van der Waals surface area contributed by atoms with E-state index in [2.05, 4.69) is 166 Å². The van der Waals surface area contributed by atoms with E-state index in [0.717, 1.165) is 115 Å². The van der Waals surface area contributed by atoms with Crippen molar-refractivity contribution in [3.8, 4) is 78.9 Å². The first-order chi connectivity index (χ1) is 30.5. The van der Waals surface area contributed by atoms with Gasteiger partial charge in [-0.3, -0.25) is 4.98 Å². The van der Waals surface area contributed by atoms with Gasteiger partial charge in [-0.2, -0.15) is 0 Å². The summed E-state index contributed by atoms with van der Waals surface area (Å²) in [6, 6.07) is 53.2. The normalized spacial score (nSPS) is 11.5. The van der Waals surface area contributed by atoms with Crippen LogP contribution in [0.15, 0.2) is 167 Å². The highest BCUT2D eigenvalue weighted by molar-refractivity contribution is 5.86. The first kappa shape index (κ1) is 38.7. The van der Waals surface area contributed by atoms with E-state index in [1.165, 1.54) is 22.3 Å². The van der Waals surface area contributed by atoms with Gasteiger partial charge in [0.2, 0.25) is 11.8 Å². The average molecular weight is 807 g/mol. The molecule has 0 spiro atoms. The van der Waals surface area contributed by atoms with Crippen LogP contribution in [0.5, 0.6) is 0 Å². The molecule has 0 bridgehead atoms. The lowest BCUT2D eigenvalue weighted by atomic mass is 9.95. The quantitative estimate of drug-likeness (QED) is 0.130. The molecule has 0 saturated carbocycles. The topological polar surface area (TPSA) is 77.8 Å². The van der Waals surface area contributed by atoms with Crippen LogP contribution in [0.2, 0.25) is 0 Å². The summed E-state index contributed by atoms with van der Waals surface area (Å²) in [4.78, 5) is 19.7. The molecule has 0 fully saturated rings. The van der Waals surface area contributed by atoms with E-state index < -0.39 is 0 Å². The van der Waals surface area contributed by atoms with Gasteiger partial charge < -0.3 is 8.83 Å². The average Bonchev–Trinajstić information content (AvgIpc) is 4.01. The van der Waals surface area contributed by atoms with Gasteiger partial charge in [0.1, 0.15) is 11.0 Å². The van der Waals surface area contributed by atoms with E-state index in [9.17, 15) is 0 Å². The maximum Gasteiger partial charge on any atom is 0.227 e. The van der Waals surface area contributed by atoms with Crippen molar-refractivity contribution in [2.45, 2.75) is 53.4 Å². The standard InChI is InChI=1S/C56H46N4O2/c1-5-35-12-14-37(7-3)53-51(35)59-55(61-53)45-28-20-41(21-29-45)39-16-24-43(25-17-39)47-32-33-49(48-11-9-10-34-57-48)58-50(47)44-26-18-40(19-27-44)42-22-30-46(31-23-42)56-60-52-36(6-2)13-15-38(8-4)54(52)62-56/h9-34H,5-8H2,1-4H3.